The maximum atomic E-state index is 14.4. The number of hydrogen-bond acceptors (Lipinski definition) is 7. The topological polar surface area (TPSA) is 183 Å². The van der Waals surface area contributed by atoms with E-state index in [0.717, 1.165) is 16.0 Å². The molecule has 57 heavy (non-hydrogen) atoms. The van der Waals surface area contributed by atoms with Crippen molar-refractivity contribution in [3.05, 3.63) is 148 Å². The minimum atomic E-state index is -1.35. The number of amides is 5. The lowest BCUT2D eigenvalue weighted by atomic mass is 9.99. The number of rotatable bonds is 8. The summed E-state index contributed by atoms with van der Waals surface area (Å²) < 4.78 is 0. The zero-order chi connectivity index (χ0) is 40.1. The zero-order valence-electron chi connectivity index (χ0n) is 31.0. The molecule has 12 nitrogen and oxygen atoms in total. The van der Waals surface area contributed by atoms with Gasteiger partial charge in [0.1, 0.15) is 24.2 Å². The maximum absolute atomic E-state index is 14.4. The number of carboxylic acids is 1. The third kappa shape index (κ3) is 11.7. The standard InChI is InChI=1S/C44H43N5O7S/c50-39-21-22-40(51)46-37(27-34-12-7-23-57-34)43(54)48-36(25-29-13-17-32(18-14-29)31-10-5-2-6-11-31)41(52)47-35(24-28-8-3-1-4-9-28)42(53)49-38(44(55)56)26-30-15-19-33(45-39)20-16-30/h1-20,23,35-38H,21-22,24-27H2,(H,45,50)(H,46,51)(H,47,52)(H,48,54)(H,49,53)(H,55,56)/t35-,36-,37+,38+/m1/s1. The summed E-state index contributed by atoms with van der Waals surface area (Å²) in [6, 6.07) is 31.5. The van der Waals surface area contributed by atoms with Crippen molar-refractivity contribution >= 4 is 52.5 Å². The number of benzene rings is 4. The predicted molar refractivity (Wildman–Crippen MR) is 217 cm³/mol. The number of carbonyl (C=O) groups excluding carboxylic acids is 5. The number of carboxylic acid groups (broad SMARTS) is 1. The monoisotopic (exact) mass is 785 g/mol. The van der Waals surface area contributed by atoms with E-state index in [2.05, 4.69) is 26.6 Å². The second-order valence-corrected chi connectivity index (χ2v) is 14.9. The van der Waals surface area contributed by atoms with E-state index in [1.54, 1.807) is 48.5 Å². The van der Waals surface area contributed by atoms with E-state index in [1.165, 1.54) is 11.3 Å². The van der Waals surface area contributed by atoms with Crippen molar-refractivity contribution in [2.45, 2.75) is 62.7 Å². The van der Waals surface area contributed by atoms with Gasteiger partial charge in [0, 0.05) is 49.1 Å². The Kier molecular flexibility index (Phi) is 13.6. The molecule has 2 aliphatic rings. The average Bonchev–Trinajstić information content (AvgIpc) is 3.73. The third-order valence-corrected chi connectivity index (χ3v) is 10.5. The van der Waals surface area contributed by atoms with E-state index in [9.17, 15) is 33.9 Å². The lowest BCUT2D eigenvalue weighted by Gasteiger charge is -2.26. The summed E-state index contributed by atoms with van der Waals surface area (Å²) in [5.41, 5.74) is 4.40. The number of hydrogen-bond donors (Lipinski definition) is 6. The van der Waals surface area contributed by atoms with Crippen molar-refractivity contribution in [3.8, 4) is 11.1 Å². The number of nitrogens with one attached hydrogen (secondary N) is 5. The van der Waals surface area contributed by atoms with Crippen molar-refractivity contribution in [3.63, 3.8) is 0 Å². The molecule has 2 aliphatic heterocycles. The fourth-order valence-electron chi connectivity index (χ4n) is 6.50. The molecule has 1 aromatic heterocycles. The molecule has 0 saturated carbocycles. The van der Waals surface area contributed by atoms with Crippen molar-refractivity contribution in [2.24, 2.45) is 0 Å². The van der Waals surface area contributed by atoms with Crippen LogP contribution in [0.15, 0.2) is 127 Å². The first-order valence-corrected chi connectivity index (χ1v) is 19.5. The van der Waals surface area contributed by atoms with Crippen LogP contribution in [0.3, 0.4) is 0 Å². The largest absolute Gasteiger partial charge is 0.480 e. The normalized spacial score (nSPS) is 19.9. The Morgan fingerprint density at radius 2 is 1.11 bits per heavy atom. The highest BCUT2D eigenvalue weighted by atomic mass is 32.1. The summed E-state index contributed by atoms with van der Waals surface area (Å²) >= 11 is 1.41. The van der Waals surface area contributed by atoms with Crippen LogP contribution in [0.1, 0.15) is 34.4 Å². The summed E-state index contributed by atoms with van der Waals surface area (Å²) in [6.45, 7) is 0. The molecule has 7 rings (SSSR count). The van der Waals surface area contributed by atoms with Crippen LogP contribution in [0.5, 0.6) is 0 Å². The Hall–Kier alpha value is -6.60. The number of fused-ring (bicyclic) bond motifs is 18. The fraction of sp³-hybridized carbons (Fsp3) is 0.227. The molecule has 4 aromatic carbocycles. The van der Waals surface area contributed by atoms with Crippen molar-refractivity contribution in [1.82, 2.24) is 21.3 Å². The summed E-state index contributed by atoms with van der Waals surface area (Å²) in [5.74, 6) is -4.28. The van der Waals surface area contributed by atoms with E-state index >= 15 is 0 Å². The number of aliphatic carboxylic acids is 1. The highest BCUT2D eigenvalue weighted by molar-refractivity contribution is 7.09. The summed E-state index contributed by atoms with van der Waals surface area (Å²) in [7, 11) is 0. The Balaban J connectivity index is 1.34. The van der Waals surface area contributed by atoms with Gasteiger partial charge >= 0.3 is 5.97 Å². The first-order valence-electron chi connectivity index (χ1n) is 18.6. The first-order chi connectivity index (χ1) is 27.6. The summed E-state index contributed by atoms with van der Waals surface area (Å²) in [5, 5.41) is 25.7. The minimum Gasteiger partial charge on any atom is -0.480 e. The van der Waals surface area contributed by atoms with Crippen LogP contribution in [-0.4, -0.2) is 64.8 Å². The quantitative estimate of drug-likeness (QED) is 0.126. The van der Waals surface area contributed by atoms with Crippen LogP contribution in [0.2, 0.25) is 0 Å². The molecule has 0 spiro atoms. The van der Waals surface area contributed by atoms with Crippen molar-refractivity contribution in [2.75, 3.05) is 5.32 Å². The van der Waals surface area contributed by atoms with Crippen LogP contribution in [0.4, 0.5) is 5.69 Å². The van der Waals surface area contributed by atoms with Gasteiger partial charge in [-0.15, -0.1) is 11.3 Å². The Bertz CT molecular complexity index is 2160. The zero-order valence-corrected chi connectivity index (χ0v) is 31.8. The van der Waals surface area contributed by atoms with Gasteiger partial charge in [0.25, 0.3) is 0 Å². The molecule has 4 atom stereocenters. The number of carbonyl (C=O) groups is 6. The molecule has 0 radical (unpaired) electrons. The van der Waals surface area contributed by atoms with E-state index in [0.29, 0.717) is 22.4 Å². The highest BCUT2D eigenvalue weighted by Gasteiger charge is 2.32. The fourth-order valence-corrected chi connectivity index (χ4v) is 7.25. The summed E-state index contributed by atoms with van der Waals surface area (Å²) in [4.78, 5) is 81.8. The second kappa shape index (κ2) is 19.3. The van der Waals surface area contributed by atoms with Crippen LogP contribution >= 0.6 is 11.3 Å². The molecule has 2 bridgehead atoms. The predicted octanol–water partition coefficient (Wildman–Crippen LogP) is 4.44. The van der Waals surface area contributed by atoms with Gasteiger partial charge in [0.2, 0.25) is 29.5 Å². The van der Waals surface area contributed by atoms with E-state index in [1.807, 2.05) is 78.2 Å². The lowest BCUT2D eigenvalue weighted by Crippen LogP contribution is -2.59. The molecule has 5 amide bonds. The van der Waals surface area contributed by atoms with Crippen LogP contribution in [0, 0.1) is 0 Å². The molecule has 5 aromatic rings. The molecule has 13 heteroatoms. The van der Waals surface area contributed by atoms with E-state index < -0.39 is 59.7 Å². The van der Waals surface area contributed by atoms with Gasteiger partial charge in [-0.05, 0) is 51.4 Å². The van der Waals surface area contributed by atoms with E-state index in [-0.39, 0.29) is 38.5 Å². The Morgan fingerprint density at radius 3 is 1.70 bits per heavy atom. The van der Waals surface area contributed by atoms with Crippen LogP contribution in [0.25, 0.3) is 11.1 Å². The first kappa shape index (κ1) is 40.1. The smallest absolute Gasteiger partial charge is 0.326 e. The van der Waals surface area contributed by atoms with Crippen molar-refractivity contribution < 1.29 is 33.9 Å². The molecule has 0 saturated heterocycles. The highest BCUT2D eigenvalue weighted by Crippen LogP contribution is 2.21. The van der Waals surface area contributed by atoms with Crippen molar-refractivity contribution in [1.29, 1.82) is 0 Å². The van der Waals surface area contributed by atoms with Crippen LogP contribution in [-0.2, 0) is 54.5 Å². The summed E-state index contributed by atoms with van der Waals surface area (Å²) in [6.07, 6.45) is -0.261. The molecule has 0 aliphatic carbocycles. The van der Waals surface area contributed by atoms with Crippen LogP contribution < -0.4 is 26.6 Å². The van der Waals surface area contributed by atoms with Gasteiger partial charge < -0.3 is 31.7 Å². The SMILES string of the molecule is O=C1CCC(=O)N[C@@H](Cc2cccs2)C(=O)N[C@H](Cc2ccc(-c3ccccc3)cc2)C(=O)N[C@H](Cc2ccccc2)C(=O)N[C@H](C(=O)O)Cc2ccc(cc2)N1. The number of thiophene rings is 1. The van der Waals surface area contributed by atoms with Gasteiger partial charge in [-0.2, -0.15) is 0 Å². The average molecular weight is 786 g/mol. The molecular weight excluding hydrogens is 743 g/mol. The molecule has 3 heterocycles. The Morgan fingerprint density at radius 1 is 0.561 bits per heavy atom. The van der Waals surface area contributed by atoms with Gasteiger partial charge in [-0.3, -0.25) is 24.0 Å². The molecular formula is C44H43N5O7S. The van der Waals surface area contributed by atoms with Gasteiger partial charge in [-0.1, -0.05) is 103 Å². The molecule has 292 valence electrons. The maximum Gasteiger partial charge on any atom is 0.326 e. The van der Waals surface area contributed by atoms with Gasteiger partial charge in [-0.25, -0.2) is 4.79 Å². The number of anilines is 1. The minimum absolute atomic E-state index is 0.0275. The molecule has 6 N–H and O–H groups in total. The third-order valence-electron chi connectivity index (χ3n) is 9.56. The lowest BCUT2D eigenvalue weighted by molar-refractivity contribution is -0.142. The van der Waals surface area contributed by atoms with E-state index in [4.69, 9.17) is 0 Å². The second-order valence-electron chi connectivity index (χ2n) is 13.8. The Labute approximate surface area is 334 Å². The van der Waals surface area contributed by atoms with Gasteiger partial charge in [0.15, 0.2) is 0 Å². The molecule has 0 fully saturated rings. The molecule has 0 unspecified atom stereocenters. The van der Waals surface area contributed by atoms with Gasteiger partial charge in [0.05, 0.1) is 0 Å².